The van der Waals surface area contributed by atoms with Gasteiger partial charge in [0, 0.05) is 6.42 Å². The highest BCUT2D eigenvalue weighted by Crippen LogP contribution is 2.36. The molecule has 19 heavy (non-hydrogen) atoms. The van der Waals surface area contributed by atoms with Gasteiger partial charge in [-0.3, -0.25) is 4.79 Å². The van der Waals surface area contributed by atoms with Crippen LogP contribution < -0.4 is 5.32 Å². The van der Waals surface area contributed by atoms with Crippen LogP contribution in [0.25, 0.3) is 0 Å². The topological polar surface area (TPSA) is 73.9 Å². The van der Waals surface area contributed by atoms with Crippen LogP contribution in [-0.2, 0) is 19.0 Å². The smallest absolute Gasteiger partial charge is 0.407 e. The van der Waals surface area contributed by atoms with Crippen molar-refractivity contribution in [3.8, 4) is 0 Å². The lowest BCUT2D eigenvalue weighted by Gasteiger charge is -2.24. The molecule has 2 fully saturated rings. The predicted octanol–water partition coefficient (Wildman–Crippen LogP) is 1.37. The number of fused-ring (bicyclic) bond motifs is 1. The van der Waals surface area contributed by atoms with E-state index >= 15 is 0 Å². The molecule has 0 unspecified atom stereocenters. The van der Waals surface area contributed by atoms with Crippen molar-refractivity contribution >= 4 is 11.9 Å². The molecule has 1 aliphatic heterocycles. The number of carbonyl (C=O) groups excluding carboxylic acids is 2. The van der Waals surface area contributed by atoms with Crippen molar-refractivity contribution in [3.63, 3.8) is 0 Å². The number of nitrogens with one attached hydrogen (secondary N) is 1. The van der Waals surface area contributed by atoms with E-state index in [0.717, 1.165) is 0 Å². The highest BCUT2D eigenvalue weighted by molar-refractivity contribution is 5.88. The standard InChI is InChI=1S/C13H21NO5/c1-12(2,3)19-11(16)14-7-6-8(15)10-9(7)17-13(4,5)18-10/h7,9-10H,6H2,1-5H3,(H,14,16)/t7-,9+,10-/m0/s1. The van der Waals surface area contributed by atoms with Crippen molar-refractivity contribution in [1.29, 1.82) is 0 Å². The summed E-state index contributed by atoms with van der Waals surface area (Å²) in [4.78, 5) is 23.6. The predicted molar refractivity (Wildman–Crippen MR) is 66.6 cm³/mol. The quantitative estimate of drug-likeness (QED) is 0.779. The lowest BCUT2D eigenvalue weighted by Crippen LogP contribution is -2.45. The van der Waals surface area contributed by atoms with Gasteiger partial charge < -0.3 is 19.5 Å². The third-order valence-electron chi connectivity index (χ3n) is 2.97. The lowest BCUT2D eigenvalue weighted by atomic mass is 10.2. The summed E-state index contributed by atoms with van der Waals surface area (Å²) >= 11 is 0. The molecule has 0 spiro atoms. The number of rotatable bonds is 1. The molecule has 2 aliphatic rings. The Hall–Kier alpha value is -1.14. The molecular formula is C13H21NO5. The minimum Gasteiger partial charge on any atom is -0.444 e. The summed E-state index contributed by atoms with van der Waals surface area (Å²) in [6.45, 7) is 8.86. The lowest BCUT2D eigenvalue weighted by molar-refractivity contribution is -0.161. The van der Waals surface area contributed by atoms with E-state index in [1.165, 1.54) is 0 Å². The molecule has 108 valence electrons. The molecule has 1 saturated carbocycles. The molecule has 3 atom stereocenters. The van der Waals surface area contributed by atoms with Crippen molar-refractivity contribution in [2.24, 2.45) is 0 Å². The zero-order chi connectivity index (χ0) is 14.4. The second kappa shape index (κ2) is 4.45. The molecule has 0 aromatic heterocycles. The van der Waals surface area contributed by atoms with E-state index in [1.54, 1.807) is 34.6 Å². The number of hydrogen-bond donors (Lipinski definition) is 1. The van der Waals surface area contributed by atoms with Gasteiger partial charge in [-0.05, 0) is 34.6 Å². The van der Waals surface area contributed by atoms with Crippen LogP contribution in [0, 0.1) is 0 Å². The first-order chi connectivity index (χ1) is 8.57. The Bertz CT molecular complexity index is 398. The van der Waals surface area contributed by atoms with Gasteiger partial charge in [0.1, 0.15) is 17.8 Å². The summed E-state index contributed by atoms with van der Waals surface area (Å²) in [5.74, 6) is -0.837. The number of hydrogen-bond acceptors (Lipinski definition) is 5. The van der Waals surface area contributed by atoms with Crippen molar-refractivity contribution in [3.05, 3.63) is 0 Å². The summed E-state index contributed by atoms with van der Waals surface area (Å²) in [7, 11) is 0. The summed E-state index contributed by atoms with van der Waals surface area (Å²) < 4.78 is 16.4. The molecular weight excluding hydrogens is 250 g/mol. The fraction of sp³-hybridized carbons (Fsp3) is 0.846. The zero-order valence-electron chi connectivity index (χ0n) is 12.0. The van der Waals surface area contributed by atoms with Crippen LogP contribution in [-0.4, -0.2) is 41.5 Å². The van der Waals surface area contributed by atoms with Crippen molar-refractivity contribution < 1.29 is 23.8 Å². The molecule has 1 heterocycles. The Balaban J connectivity index is 1.99. The summed E-state index contributed by atoms with van der Waals surface area (Å²) in [6.07, 6.45) is -1.35. The third-order valence-corrected chi connectivity index (χ3v) is 2.97. The van der Waals surface area contributed by atoms with Gasteiger partial charge in [-0.25, -0.2) is 4.79 Å². The fourth-order valence-electron chi connectivity index (χ4n) is 2.37. The Kier molecular flexibility index (Phi) is 3.35. The van der Waals surface area contributed by atoms with Gasteiger partial charge in [-0.1, -0.05) is 0 Å². The van der Waals surface area contributed by atoms with Crippen molar-refractivity contribution in [1.82, 2.24) is 5.32 Å². The second-order valence-corrected chi connectivity index (χ2v) is 6.44. The molecule has 6 heteroatoms. The van der Waals surface area contributed by atoms with Gasteiger partial charge in [0.15, 0.2) is 11.6 Å². The van der Waals surface area contributed by atoms with Crippen LogP contribution in [0.1, 0.15) is 41.0 Å². The molecule has 0 radical (unpaired) electrons. The average molecular weight is 271 g/mol. The monoisotopic (exact) mass is 271 g/mol. The molecule has 1 aliphatic carbocycles. The number of ether oxygens (including phenoxy) is 3. The Morgan fingerprint density at radius 2 is 2.00 bits per heavy atom. The zero-order valence-corrected chi connectivity index (χ0v) is 12.0. The van der Waals surface area contributed by atoms with E-state index in [0.29, 0.717) is 0 Å². The first-order valence-electron chi connectivity index (χ1n) is 6.45. The van der Waals surface area contributed by atoms with Crippen molar-refractivity contribution in [2.45, 2.75) is 70.7 Å². The molecule has 1 saturated heterocycles. The van der Waals surface area contributed by atoms with E-state index < -0.39 is 35.7 Å². The van der Waals surface area contributed by atoms with Crippen LogP contribution in [0.5, 0.6) is 0 Å². The van der Waals surface area contributed by atoms with E-state index in [4.69, 9.17) is 14.2 Å². The van der Waals surface area contributed by atoms with Crippen LogP contribution in [0.3, 0.4) is 0 Å². The highest BCUT2D eigenvalue weighted by Gasteiger charge is 2.54. The minimum absolute atomic E-state index is 0.0448. The van der Waals surface area contributed by atoms with Gasteiger partial charge in [-0.2, -0.15) is 0 Å². The van der Waals surface area contributed by atoms with Gasteiger partial charge in [0.25, 0.3) is 0 Å². The Labute approximate surface area is 112 Å². The van der Waals surface area contributed by atoms with Crippen LogP contribution in [0.2, 0.25) is 0 Å². The maximum atomic E-state index is 11.8. The van der Waals surface area contributed by atoms with E-state index in [9.17, 15) is 9.59 Å². The number of Topliss-reactive ketones (excluding diaryl/α,β-unsaturated/α-hetero) is 1. The normalized spacial score (nSPS) is 33.1. The molecule has 0 aromatic rings. The van der Waals surface area contributed by atoms with Gasteiger partial charge in [0.05, 0.1) is 6.04 Å². The maximum Gasteiger partial charge on any atom is 0.407 e. The van der Waals surface area contributed by atoms with Crippen LogP contribution >= 0.6 is 0 Å². The first-order valence-corrected chi connectivity index (χ1v) is 6.45. The minimum atomic E-state index is -0.792. The first kappa shape index (κ1) is 14.3. The molecule has 1 amide bonds. The van der Waals surface area contributed by atoms with Gasteiger partial charge in [-0.15, -0.1) is 0 Å². The highest BCUT2D eigenvalue weighted by atomic mass is 16.8. The Morgan fingerprint density at radius 1 is 1.37 bits per heavy atom. The summed E-state index contributed by atoms with van der Waals surface area (Å²) in [5.41, 5.74) is -0.571. The van der Waals surface area contributed by atoms with Crippen LogP contribution in [0.15, 0.2) is 0 Å². The number of amides is 1. The molecule has 1 N–H and O–H groups in total. The number of carbonyl (C=O) groups is 2. The number of alkyl carbamates (subject to hydrolysis) is 1. The molecule has 6 nitrogen and oxygen atoms in total. The molecule has 0 bridgehead atoms. The Morgan fingerprint density at radius 3 is 2.58 bits per heavy atom. The van der Waals surface area contributed by atoms with Gasteiger partial charge >= 0.3 is 6.09 Å². The van der Waals surface area contributed by atoms with E-state index in [-0.39, 0.29) is 12.2 Å². The van der Waals surface area contributed by atoms with E-state index in [2.05, 4.69) is 5.32 Å². The SMILES string of the molecule is CC(C)(C)OC(=O)N[C@H]1CC(=O)[C@@H]2OC(C)(C)O[C@H]12. The molecule has 0 aromatic carbocycles. The van der Waals surface area contributed by atoms with Gasteiger partial charge in [0.2, 0.25) is 0 Å². The maximum absolute atomic E-state index is 11.8. The number of ketones is 1. The fourth-order valence-corrected chi connectivity index (χ4v) is 2.37. The van der Waals surface area contributed by atoms with Crippen molar-refractivity contribution in [2.75, 3.05) is 0 Å². The molecule has 2 rings (SSSR count). The summed E-state index contributed by atoms with van der Waals surface area (Å²) in [5, 5.41) is 2.69. The van der Waals surface area contributed by atoms with Crippen LogP contribution in [0.4, 0.5) is 4.79 Å². The second-order valence-electron chi connectivity index (χ2n) is 6.44. The largest absolute Gasteiger partial charge is 0.444 e. The average Bonchev–Trinajstić information content (AvgIpc) is 2.61. The summed E-state index contributed by atoms with van der Waals surface area (Å²) in [6, 6.07) is -0.394. The van der Waals surface area contributed by atoms with E-state index in [1.807, 2.05) is 0 Å². The third kappa shape index (κ3) is 3.25.